The molecule has 68 valence electrons. The van der Waals surface area contributed by atoms with Gasteiger partial charge < -0.3 is 0 Å². The van der Waals surface area contributed by atoms with Crippen molar-refractivity contribution in [3.05, 3.63) is 0 Å². The molecule has 0 aliphatic carbocycles. The van der Waals surface area contributed by atoms with Gasteiger partial charge in [0, 0.05) is 0 Å². The van der Waals surface area contributed by atoms with Gasteiger partial charge in [-0.05, 0) is 12.8 Å². The van der Waals surface area contributed by atoms with E-state index in [4.69, 9.17) is 8.74 Å². The maximum Gasteiger partial charge on any atom is 0.302 e. The molecule has 0 fully saturated rings. The van der Waals surface area contributed by atoms with Gasteiger partial charge in [-0.15, -0.1) is 0 Å². The quantitative estimate of drug-likeness (QED) is 0.637. The van der Waals surface area contributed by atoms with Crippen molar-refractivity contribution in [3.63, 3.8) is 0 Å². The first-order valence-corrected chi connectivity index (χ1v) is 5.01. The van der Waals surface area contributed by atoms with Crippen LogP contribution in [0, 0.1) is 0 Å². The Balaban J connectivity index is 3.49. The molecule has 0 aromatic heterocycles. The Morgan fingerprint density at radius 3 is 2.55 bits per heavy atom. The summed E-state index contributed by atoms with van der Waals surface area (Å²) in [7, 11) is 0. The molecule has 0 rings (SSSR count). The zero-order valence-corrected chi connectivity index (χ0v) is 7.89. The highest BCUT2D eigenvalue weighted by molar-refractivity contribution is 7.74. The smallest absolute Gasteiger partial charge is 0.284 e. The molecule has 0 radical (unpaired) electrons. The first-order chi connectivity index (χ1) is 5.20. The molecule has 0 amide bonds. The van der Waals surface area contributed by atoms with Gasteiger partial charge >= 0.3 is 11.4 Å². The topological polar surface area (TPSA) is 46.5 Å². The minimum absolute atomic E-state index is 0.0548. The minimum Gasteiger partial charge on any atom is -0.284 e. The van der Waals surface area contributed by atoms with Crippen molar-refractivity contribution in [2.75, 3.05) is 0 Å². The van der Waals surface area contributed by atoms with Crippen molar-refractivity contribution in [2.24, 2.45) is 0 Å². The fraction of sp³-hybridized carbons (Fsp3) is 1.00. The Bertz CT molecular complexity index is 116. The van der Waals surface area contributed by atoms with Gasteiger partial charge in [0.2, 0.25) is 0 Å². The third kappa shape index (κ3) is 6.47. The summed E-state index contributed by atoms with van der Waals surface area (Å²) in [6.07, 6.45) is 3.76. The molecule has 0 aliphatic heterocycles. The molecule has 0 aromatic carbocycles. The zero-order chi connectivity index (χ0) is 8.69. The summed E-state index contributed by atoms with van der Waals surface area (Å²) < 4.78 is 23.4. The van der Waals surface area contributed by atoms with Gasteiger partial charge in [-0.2, -0.15) is 4.21 Å². The molecule has 11 heavy (non-hydrogen) atoms. The van der Waals surface area contributed by atoms with Crippen molar-refractivity contribution in [3.8, 4) is 0 Å². The van der Waals surface area contributed by atoms with Crippen LogP contribution in [0.1, 0.15) is 39.5 Å². The monoisotopic (exact) mass is 180 g/mol. The normalized spacial score (nSPS) is 16.3. The van der Waals surface area contributed by atoms with Crippen LogP contribution in [-0.2, 0) is 15.5 Å². The number of rotatable bonds is 6. The molecule has 0 bridgehead atoms. The molecule has 2 atom stereocenters. The van der Waals surface area contributed by atoms with Crippen molar-refractivity contribution < 1.29 is 12.9 Å². The van der Waals surface area contributed by atoms with E-state index in [1.54, 1.807) is 0 Å². The second kappa shape index (κ2) is 6.76. The highest BCUT2D eigenvalue weighted by Gasteiger charge is 2.08. The van der Waals surface area contributed by atoms with Gasteiger partial charge in [0.25, 0.3) is 0 Å². The molecule has 1 N–H and O–H groups in total. The molecule has 2 unspecified atom stereocenters. The highest BCUT2D eigenvalue weighted by atomic mass is 32.2. The van der Waals surface area contributed by atoms with Crippen LogP contribution in [0.3, 0.4) is 0 Å². The van der Waals surface area contributed by atoms with E-state index in [-0.39, 0.29) is 6.10 Å². The van der Waals surface area contributed by atoms with Gasteiger partial charge in [0.15, 0.2) is 0 Å². The average molecular weight is 180 g/mol. The van der Waals surface area contributed by atoms with Crippen LogP contribution in [-0.4, -0.2) is 14.9 Å². The van der Waals surface area contributed by atoms with E-state index in [0.717, 1.165) is 25.7 Å². The zero-order valence-electron chi connectivity index (χ0n) is 7.08. The number of hydrogen-bond donors (Lipinski definition) is 1. The number of unbranched alkanes of at least 4 members (excludes halogenated alkanes) is 1. The van der Waals surface area contributed by atoms with Crippen LogP contribution in [0.5, 0.6) is 0 Å². The van der Waals surface area contributed by atoms with Gasteiger partial charge in [-0.25, -0.2) is 0 Å². The molecular weight excluding hydrogens is 164 g/mol. The van der Waals surface area contributed by atoms with Crippen LogP contribution in [0.2, 0.25) is 0 Å². The molecule has 3 nitrogen and oxygen atoms in total. The summed E-state index contributed by atoms with van der Waals surface area (Å²) in [5, 5.41) is 0. The lowest BCUT2D eigenvalue weighted by Crippen LogP contribution is -2.12. The van der Waals surface area contributed by atoms with Gasteiger partial charge in [0.1, 0.15) is 0 Å². The van der Waals surface area contributed by atoms with Crippen LogP contribution in [0.25, 0.3) is 0 Å². The second-order valence-corrected chi connectivity index (χ2v) is 3.11. The van der Waals surface area contributed by atoms with E-state index in [2.05, 4.69) is 6.92 Å². The first-order valence-electron chi connectivity index (χ1n) is 3.98. The summed E-state index contributed by atoms with van der Waals surface area (Å²) in [4.78, 5) is 0. The molecule has 0 saturated carbocycles. The fourth-order valence-electron chi connectivity index (χ4n) is 0.868. The maximum atomic E-state index is 10.2. The second-order valence-electron chi connectivity index (χ2n) is 2.49. The Kier molecular flexibility index (Phi) is 6.80. The third-order valence-electron chi connectivity index (χ3n) is 1.55. The Labute approximate surface area is 70.6 Å². The third-order valence-corrected chi connectivity index (χ3v) is 1.99. The van der Waals surface area contributed by atoms with E-state index >= 15 is 0 Å². The predicted molar refractivity (Wildman–Crippen MR) is 45.5 cm³/mol. The molecule has 0 saturated heterocycles. The lowest BCUT2D eigenvalue weighted by Gasteiger charge is -2.10. The van der Waals surface area contributed by atoms with Gasteiger partial charge in [-0.1, -0.05) is 26.7 Å². The summed E-state index contributed by atoms with van der Waals surface area (Å²) >= 11 is -2.10. The Morgan fingerprint density at radius 2 is 2.18 bits per heavy atom. The molecule has 0 aromatic rings. The summed E-state index contributed by atoms with van der Waals surface area (Å²) in [5.74, 6) is 0. The fourth-order valence-corrected chi connectivity index (χ4v) is 1.33. The molecule has 0 spiro atoms. The highest BCUT2D eigenvalue weighted by Crippen LogP contribution is 2.08. The largest absolute Gasteiger partial charge is 0.302 e. The van der Waals surface area contributed by atoms with Gasteiger partial charge in [-0.3, -0.25) is 8.74 Å². The standard InChI is InChI=1S/C7H16O3S/c1-3-5-6-7(4-2)10-11(8)9/h7H,3-6H2,1-2H3,(H,8,9). The van der Waals surface area contributed by atoms with E-state index in [1.165, 1.54) is 0 Å². The van der Waals surface area contributed by atoms with E-state index in [9.17, 15) is 4.21 Å². The minimum atomic E-state index is -2.10. The summed E-state index contributed by atoms with van der Waals surface area (Å²) in [5.41, 5.74) is 0. The van der Waals surface area contributed by atoms with E-state index < -0.39 is 11.4 Å². The average Bonchev–Trinajstić information content (AvgIpc) is 1.97. The van der Waals surface area contributed by atoms with Crippen molar-refractivity contribution in [1.82, 2.24) is 0 Å². The van der Waals surface area contributed by atoms with Crippen LogP contribution < -0.4 is 0 Å². The first kappa shape index (κ1) is 11.1. The SMILES string of the molecule is CCCCC(CC)OS(=O)O. The maximum absolute atomic E-state index is 10.2. The van der Waals surface area contributed by atoms with Crippen LogP contribution in [0.15, 0.2) is 0 Å². The number of hydrogen-bond acceptors (Lipinski definition) is 2. The predicted octanol–water partition coefficient (Wildman–Crippen LogP) is 2.11. The van der Waals surface area contributed by atoms with E-state index in [1.807, 2.05) is 6.92 Å². The van der Waals surface area contributed by atoms with Crippen molar-refractivity contribution in [2.45, 2.75) is 45.6 Å². The Hall–Kier alpha value is 0.0700. The summed E-state index contributed by atoms with van der Waals surface area (Å²) in [6, 6.07) is 0. The van der Waals surface area contributed by atoms with Crippen molar-refractivity contribution >= 4 is 11.4 Å². The molecule has 0 heterocycles. The van der Waals surface area contributed by atoms with Gasteiger partial charge in [0.05, 0.1) is 6.10 Å². The van der Waals surface area contributed by atoms with Crippen LogP contribution >= 0.6 is 0 Å². The van der Waals surface area contributed by atoms with E-state index in [0.29, 0.717) is 0 Å². The lowest BCUT2D eigenvalue weighted by molar-refractivity contribution is 0.186. The van der Waals surface area contributed by atoms with Crippen molar-refractivity contribution in [1.29, 1.82) is 0 Å². The summed E-state index contributed by atoms with van der Waals surface area (Å²) in [6.45, 7) is 4.04. The lowest BCUT2D eigenvalue weighted by atomic mass is 10.1. The Morgan fingerprint density at radius 1 is 1.55 bits per heavy atom. The molecule has 4 heteroatoms. The molecular formula is C7H16O3S. The molecule has 0 aliphatic rings. The van der Waals surface area contributed by atoms with Crippen LogP contribution in [0.4, 0.5) is 0 Å².